The molecular weight excluding hydrogens is 232 g/mol. The third-order valence-corrected chi connectivity index (χ3v) is 2.56. The molecule has 1 aromatic rings. The van der Waals surface area contributed by atoms with Gasteiger partial charge in [-0.2, -0.15) is 5.10 Å². The van der Waals surface area contributed by atoms with Crippen LogP contribution in [0.15, 0.2) is 12.2 Å². The van der Waals surface area contributed by atoms with Crippen molar-refractivity contribution < 1.29 is 14.3 Å². The third-order valence-electron chi connectivity index (χ3n) is 2.56. The van der Waals surface area contributed by atoms with Gasteiger partial charge in [-0.05, 0) is 25.8 Å². The van der Waals surface area contributed by atoms with Crippen LogP contribution in [0.1, 0.15) is 36.3 Å². The van der Waals surface area contributed by atoms with Gasteiger partial charge in [0.05, 0.1) is 12.3 Å². The minimum absolute atomic E-state index is 0.328. The molecule has 1 rings (SSSR count). The average molecular weight is 252 g/mol. The molecule has 0 amide bonds. The van der Waals surface area contributed by atoms with Crippen LogP contribution in [0, 0.1) is 6.92 Å². The smallest absolute Gasteiger partial charge is 0.345 e. The summed E-state index contributed by atoms with van der Waals surface area (Å²) in [5.74, 6) is 0.0285. The minimum Gasteiger partial charge on any atom is -0.473 e. The molecule has 0 bridgehead atoms. The lowest BCUT2D eigenvalue weighted by atomic mass is 10.2. The third kappa shape index (κ3) is 3.12. The number of esters is 1. The molecule has 18 heavy (non-hydrogen) atoms. The molecule has 1 heterocycles. The predicted molar refractivity (Wildman–Crippen MR) is 68.8 cm³/mol. The van der Waals surface area contributed by atoms with Crippen LogP contribution in [0.3, 0.4) is 0 Å². The molecule has 0 saturated carbocycles. The monoisotopic (exact) mass is 252 g/mol. The van der Waals surface area contributed by atoms with Gasteiger partial charge in [0.2, 0.25) is 5.88 Å². The summed E-state index contributed by atoms with van der Waals surface area (Å²) in [4.78, 5) is 11.8. The Morgan fingerprint density at radius 1 is 1.44 bits per heavy atom. The Labute approximate surface area is 107 Å². The van der Waals surface area contributed by atoms with Crippen molar-refractivity contribution in [1.82, 2.24) is 9.78 Å². The van der Waals surface area contributed by atoms with Crippen molar-refractivity contribution in [2.75, 3.05) is 13.2 Å². The molecule has 5 heteroatoms. The van der Waals surface area contributed by atoms with Crippen molar-refractivity contribution in [2.45, 2.75) is 27.2 Å². The largest absolute Gasteiger partial charge is 0.473 e. The zero-order valence-corrected chi connectivity index (χ0v) is 11.4. The average Bonchev–Trinajstić information content (AvgIpc) is 2.61. The zero-order valence-electron chi connectivity index (χ0n) is 11.4. The maximum atomic E-state index is 11.8. The predicted octanol–water partition coefficient (Wildman–Crippen LogP) is 2.25. The van der Waals surface area contributed by atoms with Crippen molar-refractivity contribution >= 4 is 5.97 Å². The first-order valence-corrected chi connectivity index (χ1v) is 6.01. The summed E-state index contributed by atoms with van der Waals surface area (Å²) in [7, 11) is 1.74. The molecule has 0 fully saturated rings. The van der Waals surface area contributed by atoms with E-state index in [1.165, 1.54) is 0 Å². The molecule has 0 spiro atoms. The molecule has 0 aliphatic carbocycles. The maximum absolute atomic E-state index is 11.8. The van der Waals surface area contributed by atoms with E-state index in [2.05, 4.69) is 11.7 Å². The second-order valence-electron chi connectivity index (χ2n) is 4.00. The van der Waals surface area contributed by atoms with E-state index < -0.39 is 5.97 Å². The summed E-state index contributed by atoms with van der Waals surface area (Å²) in [5, 5.41) is 4.18. The van der Waals surface area contributed by atoms with E-state index >= 15 is 0 Å². The van der Waals surface area contributed by atoms with Crippen LogP contribution in [0.25, 0.3) is 0 Å². The number of rotatable bonds is 6. The normalized spacial score (nSPS) is 10.2. The fourth-order valence-electron chi connectivity index (χ4n) is 1.51. The van der Waals surface area contributed by atoms with Gasteiger partial charge in [-0.3, -0.25) is 0 Å². The van der Waals surface area contributed by atoms with Gasteiger partial charge in [0, 0.05) is 7.05 Å². The Morgan fingerprint density at radius 2 is 2.11 bits per heavy atom. The topological polar surface area (TPSA) is 53.4 Å². The van der Waals surface area contributed by atoms with Crippen LogP contribution >= 0.6 is 0 Å². The molecule has 1 aromatic heterocycles. The molecule has 0 aliphatic rings. The lowest BCUT2D eigenvalue weighted by Gasteiger charge is -2.09. The zero-order chi connectivity index (χ0) is 13.7. The Morgan fingerprint density at radius 3 is 2.67 bits per heavy atom. The van der Waals surface area contributed by atoms with Crippen LogP contribution in [0.4, 0.5) is 0 Å². The van der Waals surface area contributed by atoms with Gasteiger partial charge >= 0.3 is 5.97 Å². The Bertz CT molecular complexity index is 449. The van der Waals surface area contributed by atoms with Gasteiger partial charge < -0.3 is 9.47 Å². The summed E-state index contributed by atoms with van der Waals surface area (Å²) >= 11 is 0. The van der Waals surface area contributed by atoms with E-state index in [1.807, 2.05) is 6.92 Å². The number of hydrogen-bond acceptors (Lipinski definition) is 4. The van der Waals surface area contributed by atoms with Crippen LogP contribution in [0.5, 0.6) is 5.88 Å². The van der Waals surface area contributed by atoms with E-state index in [-0.39, 0.29) is 0 Å². The summed E-state index contributed by atoms with van der Waals surface area (Å²) in [6, 6.07) is 0. The van der Waals surface area contributed by atoms with Gasteiger partial charge in [0.15, 0.2) is 0 Å². The van der Waals surface area contributed by atoms with Crippen molar-refractivity contribution in [3.05, 3.63) is 23.4 Å². The SMILES string of the molecule is C=C(CC)COc1c(C(=O)OCC)c(C)nn1C. The first-order chi connectivity index (χ1) is 8.51. The molecule has 0 atom stereocenters. The second-order valence-corrected chi connectivity index (χ2v) is 4.00. The van der Waals surface area contributed by atoms with E-state index in [0.717, 1.165) is 12.0 Å². The van der Waals surface area contributed by atoms with Gasteiger partial charge in [-0.25, -0.2) is 9.48 Å². The molecule has 0 aliphatic heterocycles. The van der Waals surface area contributed by atoms with Crippen molar-refractivity contribution in [3.63, 3.8) is 0 Å². The lowest BCUT2D eigenvalue weighted by molar-refractivity contribution is 0.0520. The number of aryl methyl sites for hydroxylation is 2. The highest BCUT2D eigenvalue weighted by molar-refractivity contribution is 5.93. The van der Waals surface area contributed by atoms with E-state index in [9.17, 15) is 4.79 Å². The number of nitrogens with zero attached hydrogens (tertiary/aromatic N) is 2. The summed E-state index contributed by atoms with van der Waals surface area (Å²) in [6.07, 6.45) is 0.839. The Balaban J connectivity index is 2.95. The highest BCUT2D eigenvalue weighted by atomic mass is 16.5. The number of carbonyl (C=O) groups is 1. The molecule has 0 radical (unpaired) electrons. The molecule has 0 saturated heterocycles. The van der Waals surface area contributed by atoms with Gasteiger partial charge in [0.1, 0.15) is 12.2 Å². The highest BCUT2D eigenvalue weighted by Gasteiger charge is 2.22. The molecule has 0 unspecified atom stereocenters. The van der Waals surface area contributed by atoms with E-state index in [4.69, 9.17) is 9.47 Å². The maximum Gasteiger partial charge on any atom is 0.345 e. The first-order valence-electron chi connectivity index (χ1n) is 6.01. The van der Waals surface area contributed by atoms with Crippen molar-refractivity contribution in [3.8, 4) is 5.88 Å². The van der Waals surface area contributed by atoms with Crippen LogP contribution in [-0.4, -0.2) is 29.0 Å². The van der Waals surface area contributed by atoms with E-state index in [1.54, 1.807) is 25.6 Å². The highest BCUT2D eigenvalue weighted by Crippen LogP contribution is 2.23. The summed E-state index contributed by atoms with van der Waals surface area (Å²) < 4.78 is 12.2. The number of aromatic nitrogens is 2. The Kier molecular flexibility index (Phi) is 4.95. The fourth-order valence-corrected chi connectivity index (χ4v) is 1.51. The van der Waals surface area contributed by atoms with E-state index in [0.29, 0.717) is 30.4 Å². The van der Waals surface area contributed by atoms with Gasteiger partial charge in [-0.15, -0.1) is 0 Å². The first kappa shape index (κ1) is 14.3. The molecule has 0 N–H and O–H groups in total. The van der Waals surface area contributed by atoms with Crippen LogP contribution in [-0.2, 0) is 11.8 Å². The minimum atomic E-state index is -0.403. The quantitative estimate of drug-likeness (QED) is 0.575. The standard InChI is InChI=1S/C13H20N2O3/c1-6-9(3)8-18-12-11(13(16)17-7-2)10(4)14-15(12)5/h3,6-8H2,1-2,4-5H3. The molecule has 100 valence electrons. The summed E-state index contributed by atoms with van der Waals surface area (Å²) in [6.45, 7) is 10.1. The number of carbonyl (C=O) groups excluding carboxylic acids is 1. The summed E-state index contributed by atoms with van der Waals surface area (Å²) in [5.41, 5.74) is 1.96. The van der Waals surface area contributed by atoms with Crippen LogP contribution < -0.4 is 4.74 Å². The number of ether oxygens (including phenoxy) is 2. The molecule has 5 nitrogen and oxygen atoms in total. The lowest BCUT2D eigenvalue weighted by Crippen LogP contribution is -2.10. The van der Waals surface area contributed by atoms with Crippen molar-refractivity contribution in [1.29, 1.82) is 0 Å². The molecule has 0 aromatic carbocycles. The second kappa shape index (κ2) is 6.23. The fraction of sp³-hybridized carbons (Fsp3) is 0.538. The molecular formula is C13H20N2O3. The van der Waals surface area contributed by atoms with Crippen LogP contribution in [0.2, 0.25) is 0 Å². The number of hydrogen-bond donors (Lipinski definition) is 0. The van der Waals surface area contributed by atoms with Gasteiger partial charge in [-0.1, -0.05) is 13.5 Å². The Hall–Kier alpha value is -1.78. The van der Waals surface area contributed by atoms with Crippen molar-refractivity contribution in [2.24, 2.45) is 7.05 Å². The van der Waals surface area contributed by atoms with Gasteiger partial charge in [0.25, 0.3) is 0 Å².